The molecule has 2 aromatic carbocycles. The lowest BCUT2D eigenvalue weighted by atomic mass is 9.98. The fourth-order valence-corrected chi connectivity index (χ4v) is 6.14. The Morgan fingerprint density at radius 3 is 2.67 bits per heavy atom. The summed E-state index contributed by atoms with van der Waals surface area (Å²) in [4.78, 5) is 43.7. The Labute approximate surface area is 279 Å². The van der Waals surface area contributed by atoms with Gasteiger partial charge in [-0.3, -0.25) is 14.4 Å². The monoisotopic (exact) mass is 655 g/mol. The van der Waals surface area contributed by atoms with E-state index in [1.54, 1.807) is 42.0 Å². The molecule has 12 heteroatoms. The van der Waals surface area contributed by atoms with Gasteiger partial charge < -0.3 is 34.1 Å². The molecule has 0 atom stereocenters. The molecule has 0 saturated heterocycles. The molecule has 48 heavy (non-hydrogen) atoms. The molecule has 6 rings (SSSR count). The van der Waals surface area contributed by atoms with Crippen LogP contribution in [0.3, 0.4) is 0 Å². The van der Waals surface area contributed by atoms with Crippen molar-refractivity contribution in [2.45, 2.75) is 32.2 Å². The number of pyridine rings is 1. The fourth-order valence-electron chi connectivity index (χ4n) is 6.14. The highest BCUT2D eigenvalue weighted by Gasteiger charge is 2.25. The Morgan fingerprint density at radius 2 is 1.81 bits per heavy atom. The van der Waals surface area contributed by atoms with Crippen LogP contribution in [-0.2, 0) is 16.1 Å². The number of hydrogen-bond acceptors (Lipinski definition) is 8. The van der Waals surface area contributed by atoms with Crippen molar-refractivity contribution < 1.29 is 33.3 Å². The molecule has 2 aliphatic rings. The molecule has 0 aliphatic carbocycles. The van der Waals surface area contributed by atoms with Crippen molar-refractivity contribution in [1.82, 2.24) is 24.7 Å². The molecule has 1 N–H and O–H groups in total. The van der Waals surface area contributed by atoms with Gasteiger partial charge in [-0.25, -0.2) is 4.52 Å². The Balaban J connectivity index is 1.33. The number of amides is 3. The van der Waals surface area contributed by atoms with Gasteiger partial charge in [-0.15, -0.1) is 0 Å². The summed E-state index contributed by atoms with van der Waals surface area (Å²) in [6, 6.07) is 14.8. The molecule has 4 aromatic rings. The highest BCUT2D eigenvalue weighted by Crippen LogP contribution is 2.41. The van der Waals surface area contributed by atoms with Gasteiger partial charge in [0.25, 0.3) is 11.8 Å². The number of ether oxygens (including phenoxy) is 4. The highest BCUT2D eigenvalue weighted by atomic mass is 16.5. The summed E-state index contributed by atoms with van der Waals surface area (Å²) in [7, 11) is 3.17. The number of benzene rings is 2. The van der Waals surface area contributed by atoms with E-state index in [0.717, 1.165) is 16.6 Å². The lowest BCUT2D eigenvalue weighted by Gasteiger charge is -2.23. The van der Waals surface area contributed by atoms with Gasteiger partial charge >= 0.3 is 0 Å². The summed E-state index contributed by atoms with van der Waals surface area (Å²) < 4.78 is 25.2. The average Bonchev–Trinajstić information content (AvgIpc) is 3.42. The number of methoxy groups -OCH3 is 2. The largest absolute Gasteiger partial charge is 0.496 e. The summed E-state index contributed by atoms with van der Waals surface area (Å²) in [5, 5.41) is 7.38. The van der Waals surface area contributed by atoms with E-state index in [-0.39, 0.29) is 24.1 Å². The second-order valence-corrected chi connectivity index (χ2v) is 11.8. The number of carbonyl (C=O) groups is 3. The number of nitrogens with one attached hydrogen (secondary N) is 1. The first-order chi connectivity index (χ1) is 23.5. The highest BCUT2D eigenvalue weighted by molar-refractivity contribution is 6.00. The van der Waals surface area contributed by atoms with E-state index in [0.29, 0.717) is 106 Å². The SMILES string of the molecule is COCCC(=O)N1CCOc2c(cc3cc2OCCCN(C(=O)c2cnn4ccccc24)CCCCNC(=O)c2ccc(OC)c-3c2)C1. The van der Waals surface area contributed by atoms with Gasteiger partial charge in [-0.1, -0.05) is 6.07 Å². The van der Waals surface area contributed by atoms with Crippen LogP contribution in [0.4, 0.5) is 0 Å². The van der Waals surface area contributed by atoms with Crippen LogP contribution in [0.25, 0.3) is 16.6 Å². The molecule has 0 radical (unpaired) electrons. The minimum atomic E-state index is -0.202. The molecule has 0 spiro atoms. The van der Waals surface area contributed by atoms with Gasteiger partial charge in [0, 0.05) is 56.2 Å². The first-order valence-corrected chi connectivity index (χ1v) is 16.3. The molecule has 2 aromatic heterocycles. The normalized spacial score (nSPS) is 15.8. The molecule has 252 valence electrons. The molecule has 4 bridgehead atoms. The van der Waals surface area contributed by atoms with E-state index in [1.165, 1.54) is 0 Å². The molecular weight excluding hydrogens is 614 g/mol. The topological polar surface area (TPSA) is 124 Å². The second-order valence-electron chi connectivity index (χ2n) is 11.8. The Hall–Kier alpha value is -5.10. The first kappa shape index (κ1) is 32.8. The first-order valence-electron chi connectivity index (χ1n) is 16.3. The minimum Gasteiger partial charge on any atom is -0.496 e. The maximum Gasteiger partial charge on any atom is 0.257 e. The van der Waals surface area contributed by atoms with Crippen LogP contribution < -0.4 is 19.5 Å². The number of hydrogen-bond donors (Lipinski definition) is 1. The summed E-state index contributed by atoms with van der Waals surface area (Å²) in [5.41, 5.74) is 4.04. The average molecular weight is 656 g/mol. The van der Waals surface area contributed by atoms with Crippen LogP contribution >= 0.6 is 0 Å². The third-order valence-electron chi connectivity index (χ3n) is 8.66. The lowest BCUT2D eigenvalue weighted by molar-refractivity contribution is -0.132. The zero-order valence-electron chi connectivity index (χ0n) is 27.4. The summed E-state index contributed by atoms with van der Waals surface area (Å²) in [6.45, 7) is 3.17. The maximum atomic E-state index is 13.8. The van der Waals surface area contributed by atoms with Gasteiger partial charge in [0.15, 0.2) is 11.5 Å². The van der Waals surface area contributed by atoms with Crippen LogP contribution in [0.5, 0.6) is 17.2 Å². The van der Waals surface area contributed by atoms with Crippen molar-refractivity contribution in [1.29, 1.82) is 0 Å². The maximum absolute atomic E-state index is 13.8. The number of fused-ring (bicyclic) bond motifs is 8. The fraction of sp³-hybridized carbons (Fsp3) is 0.389. The molecule has 4 heterocycles. The summed E-state index contributed by atoms with van der Waals surface area (Å²) in [6.07, 6.45) is 5.68. The smallest absolute Gasteiger partial charge is 0.257 e. The van der Waals surface area contributed by atoms with Crippen molar-refractivity contribution >= 4 is 23.2 Å². The molecular formula is C36H41N5O7. The number of carbonyl (C=O) groups excluding carboxylic acids is 3. The zero-order chi connectivity index (χ0) is 33.5. The van der Waals surface area contributed by atoms with E-state index in [1.807, 2.05) is 47.5 Å². The predicted molar refractivity (Wildman–Crippen MR) is 179 cm³/mol. The molecule has 12 nitrogen and oxygen atoms in total. The van der Waals surface area contributed by atoms with Crippen molar-refractivity contribution in [2.75, 3.05) is 60.2 Å². The van der Waals surface area contributed by atoms with Crippen molar-refractivity contribution in [3.05, 3.63) is 77.6 Å². The van der Waals surface area contributed by atoms with E-state index in [4.69, 9.17) is 18.9 Å². The van der Waals surface area contributed by atoms with Crippen LogP contribution in [0.2, 0.25) is 0 Å². The lowest BCUT2D eigenvalue weighted by Crippen LogP contribution is -2.34. The van der Waals surface area contributed by atoms with E-state index in [2.05, 4.69) is 10.4 Å². The Morgan fingerprint density at radius 1 is 0.938 bits per heavy atom. The number of rotatable bonds is 5. The molecule has 0 fully saturated rings. The van der Waals surface area contributed by atoms with Crippen molar-refractivity contribution in [3.8, 4) is 28.4 Å². The van der Waals surface area contributed by atoms with Crippen molar-refractivity contribution in [3.63, 3.8) is 0 Å². The van der Waals surface area contributed by atoms with Gasteiger partial charge in [0.2, 0.25) is 5.91 Å². The minimum absolute atomic E-state index is 0.0288. The molecule has 3 amide bonds. The van der Waals surface area contributed by atoms with Gasteiger partial charge in [-0.05, 0) is 67.3 Å². The quantitative estimate of drug-likeness (QED) is 0.340. The van der Waals surface area contributed by atoms with Crippen LogP contribution in [0.1, 0.15) is 52.0 Å². The molecule has 2 aliphatic heterocycles. The van der Waals surface area contributed by atoms with Crippen LogP contribution in [-0.4, -0.2) is 97.4 Å². The van der Waals surface area contributed by atoms with Crippen molar-refractivity contribution in [2.24, 2.45) is 0 Å². The summed E-state index contributed by atoms with van der Waals surface area (Å²) in [5.74, 6) is 1.37. The third kappa shape index (κ3) is 7.23. The second kappa shape index (κ2) is 15.2. The van der Waals surface area contributed by atoms with Gasteiger partial charge in [0.05, 0.1) is 50.6 Å². The van der Waals surface area contributed by atoms with E-state index >= 15 is 0 Å². The zero-order valence-corrected chi connectivity index (χ0v) is 27.4. The number of aromatic nitrogens is 2. The van der Waals surface area contributed by atoms with Crippen LogP contribution in [0, 0.1) is 0 Å². The van der Waals surface area contributed by atoms with Gasteiger partial charge in [-0.2, -0.15) is 5.10 Å². The summed E-state index contributed by atoms with van der Waals surface area (Å²) >= 11 is 0. The van der Waals surface area contributed by atoms with E-state index in [9.17, 15) is 14.4 Å². The van der Waals surface area contributed by atoms with E-state index < -0.39 is 0 Å². The number of nitrogens with zero attached hydrogens (tertiary/aromatic N) is 4. The standard InChI is InChI=1S/C36H41N5O7/c1-45-18-11-33(42)40-16-19-48-34-27(24-40)20-26-22-32(34)47-17-7-14-39(36(44)29-23-38-41-15-5-3-8-30(29)41)13-6-4-12-37-35(43)25-9-10-31(46-2)28(26)21-25/h3,5,8-10,15,20-23H,4,6-7,11-14,16-19,24H2,1-2H3,(H,37,43). The Bertz CT molecular complexity index is 1790. The van der Waals surface area contributed by atoms with Crippen LogP contribution in [0.15, 0.2) is 60.9 Å². The predicted octanol–water partition coefficient (Wildman–Crippen LogP) is 4.20. The van der Waals surface area contributed by atoms with Gasteiger partial charge in [0.1, 0.15) is 12.4 Å². The Kier molecular flexibility index (Phi) is 10.4. The third-order valence-corrected chi connectivity index (χ3v) is 8.66. The molecule has 0 saturated carbocycles. The molecule has 0 unspecified atom stereocenters.